The minimum atomic E-state index is -0.580. The van der Waals surface area contributed by atoms with Crippen LogP contribution in [0.2, 0.25) is 0 Å². The van der Waals surface area contributed by atoms with Crippen molar-refractivity contribution in [3.05, 3.63) is 59.9 Å². The maximum Gasteiger partial charge on any atom is 0.322 e. The molecule has 1 saturated heterocycles. The number of rotatable bonds is 5. The van der Waals surface area contributed by atoms with Gasteiger partial charge in [-0.1, -0.05) is 37.3 Å². The number of aromatic nitrogens is 2. The molecular weight excluding hydrogens is 429 g/mol. The van der Waals surface area contributed by atoms with Crippen LogP contribution >= 0.6 is 11.3 Å². The molecule has 32 heavy (non-hydrogen) atoms. The van der Waals surface area contributed by atoms with Gasteiger partial charge in [0.05, 0.1) is 0 Å². The van der Waals surface area contributed by atoms with Gasteiger partial charge in [0.2, 0.25) is 11.0 Å². The second-order valence-corrected chi connectivity index (χ2v) is 8.94. The second-order valence-electron chi connectivity index (χ2n) is 7.97. The van der Waals surface area contributed by atoms with Crippen LogP contribution in [0.5, 0.6) is 0 Å². The van der Waals surface area contributed by atoms with E-state index in [0.29, 0.717) is 34.7 Å². The molecule has 3 amide bonds. The number of nitrogens with zero attached hydrogens (tertiary/aromatic N) is 3. The number of carbonyl (C=O) groups is 2. The Morgan fingerprint density at radius 2 is 1.78 bits per heavy atom. The molecule has 2 heterocycles. The van der Waals surface area contributed by atoms with Crippen molar-refractivity contribution in [1.29, 1.82) is 0 Å². The molecule has 3 aromatic rings. The van der Waals surface area contributed by atoms with Gasteiger partial charge in [-0.05, 0) is 60.7 Å². The first kappa shape index (κ1) is 21.9. The van der Waals surface area contributed by atoms with Gasteiger partial charge >= 0.3 is 6.03 Å². The molecule has 166 valence electrons. The van der Waals surface area contributed by atoms with Crippen LogP contribution < -0.4 is 10.6 Å². The first-order valence-electron chi connectivity index (χ1n) is 10.5. The van der Waals surface area contributed by atoms with Crippen LogP contribution in [-0.4, -0.2) is 39.6 Å². The number of likely N-dealkylation sites (tertiary alicyclic amines) is 1. The third-order valence-corrected chi connectivity index (χ3v) is 6.28. The zero-order chi connectivity index (χ0) is 22.7. The lowest BCUT2D eigenvalue weighted by atomic mass is 10.0. The van der Waals surface area contributed by atoms with E-state index < -0.39 is 6.04 Å². The molecular formula is C23H24FN5O2S. The highest BCUT2D eigenvalue weighted by atomic mass is 32.1. The van der Waals surface area contributed by atoms with Crippen molar-refractivity contribution < 1.29 is 14.0 Å². The number of amides is 3. The average molecular weight is 454 g/mol. The largest absolute Gasteiger partial charge is 0.322 e. The summed E-state index contributed by atoms with van der Waals surface area (Å²) >= 11 is 1.20. The third-order valence-electron chi connectivity index (χ3n) is 5.39. The van der Waals surface area contributed by atoms with E-state index in [9.17, 15) is 14.0 Å². The Bertz CT molecular complexity index is 1100. The van der Waals surface area contributed by atoms with Crippen molar-refractivity contribution >= 4 is 34.1 Å². The maximum atomic E-state index is 13.1. The number of hydrogen-bond acceptors (Lipinski definition) is 5. The van der Waals surface area contributed by atoms with E-state index in [1.165, 1.54) is 29.0 Å². The predicted octanol–water partition coefficient (Wildman–Crippen LogP) is 5.10. The van der Waals surface area contributed by atoms with Gasteiger partial charge in [0.15, 0.2) is 0 Å². The van der Waals surface area contributed by atoms with E-state index >= 15 is 0 Å². The lowest BCUT2D eigenvalue weighted by Crippen LogP contribution is -2.45. The number of urea groups is 1. The van der Waals surface area contributed by atoms with Gasteiger partial charge in [-0.3, -0.25) is 10.1 Å². The molecule has 1 aliphatic heterocycles. The van der Waals surface area contributed by atoms with Crippen molar-refractivity contribution in [2.24, 2.45) is 0 Å². The summed E-state index contributed by atoms with van der Waals surface area (Å²) in [6.07, 6.45) is 1.32. The number of anilines is 2. The number of benzene rings is 2. The molecule has 4 rings (SSSR count). The summed E-state index contributed by atoms with van der Waals surface area (Å²) in [4.78, 5) is 27.2. The highest BCUT2D eigenvalue weighted by molar-refractivity contribution is 7.18. The SMILES string of the molecule is CC(C)c1ccc(NC(=O)N2CCCC2C(=O)Nc2nnc(-c3ccc(F)cc3)s2)cc1. The second kappa shape index (κ2) is 9.44. The molecule has 1 aliphatic rings. The van der Waals surface area contributed by atoms with Crippen molar-refractivity contribution in [3.8, 4) is 10.6 Å². The van der Waals surface area contributed by atoms with E-state index in [-0.39, 0.29) is 17.8 Å². The van der Waals surface area contributed by atoms with Crippen LogP contribution in [0.4, 0.5) is 20.0 Å². The van der Waals surface area contributed by atoms with Gasteiger partial charge < -0.3 is 10.2 Å². The van der Waals surface area contributed by atoms with Crippen LogP contribution in [0.25, 0.3) is 10.6 Å². The molecule has 2 N–H and O–H groups in total. The molecule has 1 atom stereocenters. The summed E-state index contributed by atoms with van der Waals surface area (Å²) in [5.41, 5.74) is 2.60. The van der Waals surface area contributed by atoms with Gasteiger partial charge in [-0.15, -0.1) is 10.2 Å². The Balaban J connectivity index is 1.39. The minimum absolute atomic E-state index is 0.297. The summed E-state index contributed by atoms with van der Waals surface area (Å²) < 4.78 is 13.1. The van der Waals surface area contributed by atoms with Crippen molar-refractivity contribution in [2.75, 3.05) is 17.2 Å². The molecule has 1 fully saturated rings. The summed E-state index contributed by atoms with van der Waals surface area (Å²) in [6, 6.07) is 12.8. The monoisotopic (exact) mass is 453 g/mol. The zero-order valence-electron chi connectivity index (χ0n) is 17.8. The number of nitrogens with one attached hydrogen (secondary N) is 2. The third kappa shape index (κ3) is 4.94. The van der Waals surface area contributed by atoms with Crippen molar-refractivity contribution in [3.63, 3.8) is 0 Å². The Morgan fingerprint density at radius 3 is 2.47 bits per heavy atom. The predicted molar refractivity (Wildman–Crippen MR) is 123 cm³/mol. The standard InChI is InChI=1S/C23H24FN5O2S/c1-14(2)15-7-11-18(12-8-15)25-23(31)29-13-3-4-19(29)20(30)26-22-28-27-21(32-22)16-5-9-17(24)10-6-16/h5-12,14,19H,3-4,13H2,1-2H3,(H,25,31)(H,26,28,30). The molecule has 0 aliphatic carbocycles. The Labute approximate surface area is 189 Å². The van der Waals surface area contributed by atoms with Crippen molar-refractivity contribution in [1.82, 2.24) is 15.1 Å². The fourth-order valence-electron chi connectivity index (χ4n) is 3.60. The van der Waals surface area contributed by atoms with Crippen molar-refractivity contribution in [2.45, 2.75) is 38.6 Å². The Hall–Kier alpha value is -3.33. The van der Waals surface area contributed by atoms with Crippen LogP contribution in [0.3, 0.4) is 0 Å². The first-order valence-corrected chi connectivity index (χ1v) is 11.3. The van der Waals surface area contributed by atoms with E-state index in [4.69, 9.17) is 0 Å². The molecule has 0 spiro atoms. The van der Waals surface area contributed by atoms with Crippen LogP contribution in [0.1, 0.15) is 38.2 Å². The molecule has 7 nitrogen and oxygen atoms in total. The van der Waals surface area contributed by atoms with E-state index in [1.54, 1.807) is 17.0 Å². The molecule has 1 aromatic heterocycles. The van der Waals surface area contributed by atoms with Crippen LogP contribution in [0, 0.1) is 5.82 Å². The van der Waals surface area contributed by atoms with Crippen LogP contribution in [-0.2, 0) is 4.79 Å². The van der Waals surface area contributed by atoms with E-state index in [0.717, 1.165) is 12.0 Å². The topological polar surface area (TPSA) is 87.2 Å². The lowest BCUT2D eigenvalue weighted by molar-refractivity contribution is -0.119. The summed E-state index contributed by atoms with van der Waals surface area (Å²) in [7, 11) is 0. The highest BCUT2D eigenvalue weighted by Gasteiger charge is 2.34. The molecule has 0 radical (unpaired) electrons. The summed E-state index contributed by atoms with van der Waals surface area (Å²) in [6.45, 7) is 4.73. The Kier molecular flexibility index (Phi) is 6.45. The fraction of sp³-hybridized carbons (Fsp3) is 0.304. The first-order chi connectivity index (χ1) is 15.4. The molecule has 9 heteroatoms. The lowest BCUT2D eigenvalue weighted by Gasteiger charge is -2.24. The molecule has 0 saturated carbocycles. The quantitative estimate of drug-likeness (QED) is 0.563. The normalized spacial score (nSPS) is 15.8. The fourth-order valence-corrected chi connectivity index (χ4v) is 4.35. The molecule has 1 unspecified atom stereocenters. The molecule has 2 aromatic carbocycles. The van der Waals surface area contributed by atoms with Crippen LogP contribution in [0.15, 0.2) is 48.5 Å². The zero-order valence-corrected chi connectivity index (χ0v) is 18.7. The van der Waals surface area contributed by atoms with Gasteiger partial charge in [-0.25, -0.2) is 9.18 Å². The average Bonchev–Trinajstić information content (AvgIpc) is 3.44. The highest BCUT2D eigenvalue weighted by Crippen LogP contribution is 2.28. The number of halogens is 1. The smallest absolute Gasteiger partial charge is 0.312 e. The van der Waals surface area contributed by atoms with Gasteiger partial charge in [0.25, 0.3) is 0 Å². The summed E-state index contributed by atoms with van der Waals surface area (Å²) in [5.74, 6) is -0.216. The van der Waals surface area contributed by atoms with Gasteiger partial charge in [-0.2, -0.15) is 0 Å². The number of hydrogen-bond donors (Lipinski definition) is 2. The van der Waals surface area contributed by atoms with Gasteiger partial charge in [0.1, 0.15) is 16.9 Å². The molecule has 0 bridgehead atoms. The van der Waals surface area contributed by atoms with E-state index in [1.807, 2.05) is 24.3 Å². The van der Waals surface area contributed by atoms with E-state index in [2.05, 4.69) is 34.7 Å². The summed E-state index contributed by atoms with van der Waals surface area (Å²) in [5, 5.41) is 14.6. The Morgan fingerprint density at radius 1 is 1.06 bits per heavy atom. The van der Waals surface area contributed by atoms with Gasteiger partial charge in [0, 0.05) is 17.8 Å². The number of carbonyl (C=O) groups excluding carboxylic acids is 2. The minimum Gasteiger partial charge on any atom is -0.312 e. The maximum absolute atomic E-state index is 13.1.